The molecule has 0 radical (unpaired) electrons. The summed E-state index contributed by atoms with van der Waals surface area (Å²) < 4.78 is 20.9. The van der Waals surface area contributed by atoms with Gasteiger partial charge in [-0.05, 0) is 30.2 Å². The molecule has 2 aromatic heterocycles. The van der Waals surface area contributed by atoms with Crippen molar-refractivity contribution in [3.05, 3.63) is 59.7 Å². The number of aromatic nitrogens is 2. The van der Waals surface area contributed by atoms with Gasteiger partial charge in [-0.2, -0.15) is 0 Å². The maximum absolute atomic E-state index is 15.5. The van der Waals surface area contributed by atoms with Crippen LogP contribution in [0.3, 0.4) is 0 Å². The fraction of sp³-hybridized carbons (Fsp3) is 0.346. The third kappa shape index (κ3) is 4.34. The number of benzene rings is 1. The fourth-order valence-corrected chi connectivity index (χ4v) is 4.81. The highest BCUT2D eigenvalue weighted by Gasteiger charge is 2.26. The molecule has 0 spiro atoms. The number of carbonyl (C=O) groups excluding carboxylic acids is 2. The zero-order chi connectivity index (χ0) is 24.5. The largest absolute Gasteiger partial charge is 0.493 e. The third-order valence-electron chi connectivity index (χ3n) is 6.74. The van der Waals surface area contributed by atoms with E-state index in [1.54, 1.807) is 35.2 Å². The van der Waals surface area contributed by atoms with Gasteiger partial charge in [0.25, 0.3) is 5.91 Å². The van der Waals surface area contributed by atoms with Gasteiger partial charge in [-0.3, -0.25) is 9.59 Å². The van der Waals surface area contributed by atoms with Crippen LogP contribution >= 0.6 is 0 Å². The Morgan fingerprint density at radius 3 is 2.63 bits per heavy atom. The van der Waals surface area contributed by atoms with E-state index in [1.165, 1.54) is 6.92 Å². The van der Waals surface area contributed by atoms with Crippen LogP contribution in [0.4, 0.5) is 10.2 Å². The number of carbonyl (C=O) groups is 2. The van der Waals surface area contributed by atoms with Crippen molar-refractivity contribution in [3.8, 4) is 5.75 Å². The van der Waals surface area contributed by atoms with E-state index in [0.29, 0.717) is 73.6 Å². The molecule has 2 aliphatic rings. The standard InChI is InChI=1S/C26H28FN5O3/c1-17(33)32-10-4-5-19(16-32)20-8-7-18-15-21(29-24(18)23(20)27)26(34)31-13-11-30(12-14-31)25-22(35-2)6-3-9-28-25/h3,5-9,15,29H,4,10-14,16H2,1-2H3. The minimum absolute atomic E-state index is 0.0218. The maximum Gasteiger partial charge on any atom is 0.270 e. The molecule has 1 saturated heterocycles. The van der Waals surface area contributed by atoms with Crippen LogP contribution in [0, 0.1) is 5.82 Å². The molecule has 9 heteroatoms. The third-order valence-corrected chi connectivity index (χ3v) is 6.74. The lowest BCUT2D eigenvalue weighted by Crippen LogP contribution is -2.49. The topological polar surface area (TPSA) is 81.8 Å². The second-order valence-electron chi connectivity index (χ2n) is 8.84. The van der Waals surface area contributed by atoms with Crippen LogP contribution in [0.25, 0.3) is 16.5 Å². The van der Waals surface area contributed by atoms with Crippen LogP contribution < -0.4 is 9.64 Å². The first-order valence-corrected chi connectivity index (χ1v) is 11.8. The number of H-pyrrole nitrogens is 1. The lowest BCUT2D eigenvalue weighted by molar-refractivity contribution is -0.128. The molecule has 182 valence electrons. The van der Waals surface area contributed by atoms with Gasteiger partial charge in [-0.1, -0.05) is 18.2 Å². The van der Waals surface area contributed by atoms with Crippen LogP contribution in [0.15, 0.2) is 42.6 Å². The van der Waals surface area contributed by atoms with Crippen molar-refractivity contribution in [2.45, 2.75) is 13.3 Å². The summed E-state index contributed by atoms with van der Waals surface area (Å²) in [5.41, 5.74) is 1.92. The first-order valence-electron chi connectivity index (χ1n) is 11.8. The minimum atomic E-state index is -0.398. The summed E-state index contributed by atoms with van der Waals surface area (Å²) in [7, 11) is 1.62. The van der Waals surface area contributed by atoms with Gasteiger partial charge in [0.1, 0.15) is 5.69 Å². The summed E-state index contributed by atoms with van der Waals surface area (Å²) in [5.74, 6) is 0.891. The molecular formula is C26H28FN5O3. The Balaban J connectivity index is 1.33. The molecule has 0 aliphatic carbocycles. The van der Waals surface area contributed by atoms with Gasteiger partial charge in [-0.25, -0.2) is 9.37 Å². The summed E-state index contributed by atoms with van der Waals surface area (Å²) in [4.78, 5) is 38.0. The Morgan fingerprint density at radius 1 is 1.09 bits per heavy atom. The van der Waals surface area contributed by atoms with Crippen molar-refractivity contribution in [3.63, 3.8) is 0 Å². The van der Waals surface area contributed by atoms with E-state index in [2.05, 4.69) is 14.9 Å². The first-order chi connectivity index (χ1) is 17.0. The maximum atomic E-state index is 15.5. The zero-order valence-corrected chi connectivity index (χ0v) is 19.9. The van der Waals surface area contributed by atoms with E-state index in [-0.39, 0.29) is 11.8 Å². The number of fused-ring (bicyclic) bond motifs is 1. The average molecular weight is 478 g/mol. The highest BCUT2D eigenvalue weighted by Crippen LogP contribution is 2.30. The van der Waals surface area contributed by atoms with Gasteiger partial charge >= 0.3 is 0 Å². The van der Waals surface area contributed by atoms with Gasteiger partial charge in [0, 0.05) is 63.3 Å². The van der Waals surface area contributed by atoms with Gasteiger partial charge in [-0.15, -0.1) is 0 Å². The second kappa shape index (κ2) is 9.40. The lowest BCUT2D eigenvalue weighted by Gasteiger charge is -2.35. The number of amides is 2. The van der Waals surface area contributed by atoms with Crippen molar-refractivity contribution in [2.24, 2.45) is 0 Å². The Morgan fingerprint density at radius 2 is 1.89 bits per heavy atom. The van der Waals surface area contributed by atoms with Crippen LogP contribution in [0.5, 0.6) is 5.75 Å². The van der Waals surface area contributed by atoms with Crippen LogP contribution in [-0.4, -0.2) is 78.0 Å². The van der Waals surface area contributed by atoms with Crippen LogP contribution in [-0.2, 0) is 4.79 Å². The van der Waals surface area contributed by atoms with Crippen LogP contribution in [0.1, 0.15) is 29.4 Å². The van der Waals surface area contributed by atoms with Gasteiger partial charge in [0.15, 0.2) is 17.4 Å². The molecule has 0 bridgehead atoms. The normalized spacial score (nSPS) is 16.4. The minimum Gasteiger partial charge on any atom is -0.493 e. The summed E-state index contributed by atoms with van der Waals surface area (Å²) >= 11 is 0. The molecular weight excluding hydrogens is 449 g/mol. The Kier molecular flexibility index (Phi) is 6.15. The highest BCUT2D eigenvalue weighted by atomic mass is 19.1. The smallest absolute Gasteiger partial charge is 0.270 e. The number of anilines is 1. The summed E-state index contributed by atoms with van der Waals surface area (Å²) in [5, 5.41) is 0.645. The Bertz CT molecular complexity index is 1310. The molecule has 1 N–H and O–H groups in total. The number of aromatic amines is 1. The summed E-state index contributed by atoms with van der Waals surface area (Å²) in [6.07, 6.45) is 4.40. The van der Waals surface area contributed by atoms with E-state index >= 15 is 4.39 Å². The summed E-state index contributed by atoms with van der Waals surface area (Å²) in [6.45, 7) is 4.85. The van der Waals surface area contributed by atoms with Gasteiger partial charge < -0.3 is 24.4 Å². The molecule has 2 amide bonds. The predicted octanol–water partition coefficient (Wildman–Crippen LogP) is 3.31. The molecule has 3 aromatic rings. The van der Waals surface area contributed by atoms with Crippen LogP contribution in [0.2, 0.25) is 0 Å². The number of rotatable bonds is 4. The molecule has 0 atom stereocenters. The second-order valence-corrected chi connectivity index (χ2v) is 8.84. The van der Waals surface area contributed by atoms with E-state index in [1.807, 2.05) is 24.3 Å². The first kappa shape index (κ1) is 22.9. The van der Waals surface area contributed by atoms with E-state index in [0.717, 1.165) is 11.4 Å². The summed E-state index contributed by atoms with van der Waals surface area (Å²) in [6, 6.07) is 8.95. The number of halogens is 1. The zero-order valence-electron chi connectivity index (χ0n) is 19.9. The number of nitrogens with one attached hydrogen (secondary N) is 1. The van der Waals surface area contributed by atoms with Crippen molar-refractivity contribution < 1.29 is 18.7 Å². The van der Waals surface area contributed by atoms with Crippen molar-refractivity contribution in [2.75, 3.05) is 51.3 Å². The highest BCUT2D eigenvalue weighted by molar-refractivity contribution is 5.99. The van der Waals surface area contributed by atoms with Crippen molar-refractivity contribution >= 4 is 34.1 Å². The number of pyridine rings is 1. The predicted molar refractivity (Wildman–Crippen MR) is 132 cm³/mol. The number of ether oxygens (including phenoxy) is 1. The van der Waals surface area contributed by atoms with E-state index in [4.69, 9.17) is 4.74 Å². The molecule has 5 rings (SSSR count). The Labute approximate surface area is 203 Å². The molecule has 0 saturated carbocycles. The molecule has 35 heavy (non-hydrogen) atoms. The molecule has 1 fully saturated rings. The Hall–Kier alpha value is -3.88. The average Bonchev–Trinajstić information content (AvgIpc) is 3.34. The molecule has 1 aromatic carbocycles. The quantitative estimate of drug-likeness (QED) is 0.624. The molecule has 8 nitrogen and oxygen atoms in total. The van der Waals surface area contributed by atoms with Gasteiger partial charge in [0.05, 0.1) is 12.6 Å². The number of piperazine rings is 1. The van der Waals surface area contributed by atoms with E-state index < -0.39 is 5.82 Å². The lowest BCUT2D eigenvalue weighted by atomic mass is 9.99. The number of hydrogen-bond acceptors (Lipinski definition) is 5. The SMILES string of the molecule is COc1cccnc1N1CCN(C(=O)c2cc3ccc(C4=CCCN(C(C)=O)C4)c(F)c3[nH]2)CC1. The number of hydrogen-bond donors (Lipinski definition) is 1. The monoisotopic (exact) mass is 477 g/mol. The molecule has 2 aliphatic heterocycles. The fourth-order valence-electron chi connectivity index (χ4n) is 4.81. The van der Waals surface area contributed by atoms with Crippen molar-refractivity contribution in [1.82, 2.24) is 19.8 Å². The molecule has 4 heterocycles. The molecule has 0 unspecified atom stereocenters. The van der Waals surface area contributed by atoms with E-state index in [9.17, 15) is 9.59 Å². The van der Waals surface area contributed by atoms with Crippen molar-refractivity contribution in [1.29, 1.82) is 0 Å². The number of methoxy groups -OCH3 is 1. The number of nitrogens with zero attached hydrogens (tertiary/aromatic N) is 4. The van der Waals surface area contributed by atoms with Gasteiger partial charge in [0.2, 0.25) is 5.91 Å².